The fourth-order valence-corrected chi connectivity index (χ4v) is 2.92. The number of anilines is 1. The summed E-state index contributed by atoms with van der Waals surface area (Å²) in [4.78, 5) is 23.1. The Hall–Kier alpha value is -2.05. The van der Waals surface area contributed by atoms with E-state index in [0.717, 1.165) is 12.0 Å². The molecule has 2 unspecified atom stereocenters. The third-order valence-corrected chi connectivity index (χ3v) is 3.97. The number of carbonyl (C=O) groups is 2. The number of rotatable bonds is 4. The first-order chi connectivity index (χ1) is 10.4. The quantitative estimate of drug-likeness (QED) is 0.798. The second kappa shape index (κ2) is 5.62. The van der Waals surface area contributed by atoms with Crippen molar-refractivity contribution in [1.29, 1.82) is 0 Å². The average molecular weight is 339 g/mol. The lowest BCUT2D eigenvalue weighted by atomic mass is 10.1. The number of nitrogens with two attached hydrogens (primary N) is 1. The number of aromatic amines is 1. The van der Waals surface area contributed by atoms with Gasteiger partial charge >= 0.3 is 0 Å². The van der Waals surface area contributed by atoms with Crippen LogP contribution in [0.1, 0.15) is 28.4 Å². The van der Waals surface area contributed by atoms with Crippen LogP contribution in [0, 0.1) is 5.92 Å². The largest absolute Gasteiger partial charge is 0.364 e. The molecule has 1 aliphatic carbocycles. The van der Waals surface area contributed by atoms with Crippen LogP contribution < -0.4 is 11.1 Å². The highest BCUT2D eigenvalue weighted by atomic mass is 35.5. The molecule has 0 bridgehead atoms. The zero-order valence-corrected chi connectivity index (χ0v) is 12.8. The summed E-state index contributed by atoms with van der Waals surface area (Å²) in [6.07, 6.45) is 0.718. The van der Waals surface area contributed by atoms with Gasteiger partial charge in [0, 0.05) is 22.0 Å². The van der Waals surface area contributed by atoms with E-state index in [4.69, 9.17) is 28.9 Å². The Bertz CT molecular complexity index is 739. The average Bonchev–Trinajstić information content (AvgIpc) is 3.10. The van der Waals surface area contributed by atoms with Crippen molar-refractivity contribution in [2.24, 2.45) is 11.7 Å². The molecule has 2 atom stereocenters. The van der Waals surface area contributed by atoms with E-state index in [1.807, 2.05) is 12.1 Å². The van der Waals surface area contributed by atoms with Crippen LogP contribution in [0.15, 0.2) is 24.3 Å². The van der Waals surface area contributed by atoms with E-state index in [2.05, 4.69) is 15.5 Å². The van der Waals surface area contributed by atoms with Gasteiger partial charge in [-0.1, -0.05) is 23.2 Å². The number of nitrogens with one attached hydrogen (secondary N) is 2. The van der Waals surface area contributed by atoms with E-state index >= 15 is 0 Å². The van der Waals surface area contributed by atoms with Gasteiger partial charge < -0.3 is 11.1 Å². The van der Waals surface area contributed by atoms with Gasteiger partial charge in [0.15, 0.2) is 5.82 Å². The summed E-state index contributed by atoms with van der Waals surface area (Å²) in [6, 6.07) is 6.67. The molecular weight excluding hydrogens is 327 g/mol. The van der Waals surface area contributed by atoms with Gasteiger partial charge in [0.2, 0.25) is 5.91 Å². The molecule has 0 aliphatic heterocycles. The molecule has 4 N–H and O–H groups in total. The van der Waals surface area contributed by atoms with Gasteiger partial charge in [0.05, 0.1) is 0 Å². The minimum atomic E-state index is -0.633. The fourth-order valence-electron chi connectivity index (χ4n) is 2.37. The molecule has 114 valence electrons. The number of halogens is 2. The van der Waals surface area contributed by atoms with Crippen molar-refractivity contribution in [3.05, 3.63) is 45.6 Å². The first-order valence-electron chi connectivity index (χ1n) is 6.56. The second-order valence-corrected chi connectivity index (χ2v) is 6.04. The standard InChI is InChI=1S/C14H12Cl2N4O2/c15-7-1-6(2-8(16)3-7)9-4-10(9)14(22)18-12-5-11(13(17)21)19-20-12/h1-3,5,9-10H,4H2,(H2,17,21)(H2,18,19,20,22). The summed E-state index contributed by atoms with van der Waals surface area (Å²) < 4.78 is 0. The molecule has 1 aromatic carbocycles. The van der Waals surface area contributed by atoms with Crippen molar-refractivity contribution in [3.63, 3.8) is 0 Å². The summed E-state index contributed by atoms with van der Waals surface area (Å²) >= 11 is 11.9. The van der Waals surface area contributed by atoms with E-state index in [0.29, 0.717) is 10.0 Å². The van der Waals surface area contributed by atoms with Gasteiger partial charge in [-0.2, -0.15) is 5.10 Å². The minimum absolute atomic E-state index is 0.0887. The summed E-state index contributed by atoms with van der Waals surface area (Å²) in [7, 11) is 0. The van der Waals surface area contributed by atoms with E-state index in [9.17, 15) is 9.59 Å². The highest BCUT2D eigenvalue weighted by Crippen LogP contribution is 2.49. The Morgan fingerprint density at radius 2 is 1.91 bits per heavy atom. The third-order valence-electron chi connectivity index (χ3n) is 3.53. The maximum absolute atomic E-state index is 12.2. The monoisotopic (exact) mass is 338 g/mol. The molecule has 1 fully saturated rings. The van der Waals surface area contributed by atoms with Crippen LogP contribution >= 0.6 is 23.2 Å². The van der Waals surface area contributed by atoms with E-state index in [1.165, 1.54) is 6.07 Å². The van der Waals surface area contributed by atoms with Crippen LogP contribution in [0.5, 0.6) is 0 Å². The van der Waals surface area contributed by atoms with Gasteiger partial charge in [-0.25, -0.2) is 0 Å². The Labute approximate surface area is 136 Å². The molecule has 6 nitrogen and oxygen atoms in total. The Morgan fingerprint density at radius 1 is 1.23 bits per heavy atom. The van der Waals surface area contributed by atoms with Crippen molar-refractivity contribution >= 4 is 40.8 Å². The summed E-state index contributed by atoms with van der Waals surface area (Å²) in [5.74, 6) is -0.600. The SMILES string of the molecule is NC(=O)c1cc(NC(=O)C2CC2c2cc(Cl)cc(Cl)c2)n[nH]1. The van der Waals surface area contributed by atoms with E-state index < -0.39 is 5.91 Å². The smallest absolute Gasteiger partial charge is 0.266 e. The molecule has 0 spiro atoms. The number of nitrogens with zero attached hydrogens (tertiary/aromatic N) is 1. The number of H-pyrrole nitrogens is 1. The zero-order chi connectivity index (χ0) is 15.9. The molecule has 22 heavy (non-hydrogen) atoms. The highest BCUT2D eigenvalue weighted by Gasteiger charge is 2.44. The Morgan fingerprint density at radius 3 is 2.50 bits per heavy atom. The molecule has 0 saturated heterocycles. The lowest BCUT2D eigenvalue weighted by Crippen LogP contribution is -2.15. The molecule has 1 aliphatic rings. The Balaban J connectivity index is 1.66. The number of hydrogen-bond acceptors (Lipinski definition) is 3. The third kappa shape index (κ3) is 3.08. The second-order valence-electron chi connectivity index (χ2n) is 5.17. The molecule has 2 amide bonds. The van der Waals surface area contributed by atoms with Crippen LogP contribution in [0.2, 0.25) is 10.0 Å². The number of primary amides is 1. The number of amides is 2. The van der Waals surface area contributed by atoms with Gasteiger partial charge in [-0.15, -0.1) is 0 Å². The molecule has 1 heterocycles. The van der Waals surface area contributed by atoms with Crippen LogP contribution in [-0.4, -0.2) is 22.0 Å². The number of hydrogen-bond donors (Lipinski definition) is 3. The first-order valence-corrected chi connectivity index (χ1v) is 7.31. The maximum Gasteiger partial charge on any atom is 0.266 e. The maximum atomic E-state index is 12.2. The zero-order valence-electron chi connectivity index (χ0n) is 11.3. The number of benzene rings is 1. The highest BCUT2D eigenvalue weighted by molar-refractivity contribution is 6.34. The molecular formula is C14H12Cl2N4O2. The van der Waals surface area contributed by atoms with Gasteiger partial charge in [-0.05, 0) is 36.1 Å². The predicted molar refractivity (Wildman–Crippen MR) is 83.0 cm³/mol. The fraction of sp³-hybridized carbons (Fsp3) is 0.214. The molecule has 8 heteroatoms. The van der Waals surface area contributed by atoms with Crippen molar-refractivity contribution in [2.75, 3.05) is 5.32 Å². The van der Waals surface area contributed by atoms with Crippen LogP contribution in [0.4, 0.5) is 5.82 Å². The van der Waals surface area contributed by atoms with Crippen molar-refractivity contribution in [1.82, 2.24) is 10.2 Å². The minimum Gasteiger partial charge on any atom is -0.364 e. The van der Waals surface area contributed by atoms with Gasteiger partial charge in [0.1, 0.15) is 5.69 Å². The predicted octanol–water partition coefficient (Wildman–Crippen LogP) is 2.56. The molecule has 3 rings (SSSR count). The summed E-state index contributed by atoms with van der Waals surface area (Å²) in [5.41, 5.74) is 6.19. The van der Waals surface area contributed by atoms with Crippen LogP contribution in [-0.2, 0) is 4.79 Å². The van der Waals surface area contributed by atoms with Crippen LogP contribution in [0.25, 0.3) is 0 Å². The van der Waals surface area contributed by atoms with Crippen molar-refractivity contribution in [3.8, 4) is 0 Å². The van der Waals surface area contributed by atoms with Crippen LogP contribution in [0.3, 0.4) is 0 Å². The van der Waals surface area contributed by atoms with Crippen molar-refractivity contribution in [2.45, 2.75) is 12.3 Å². The van der Waals surface area contributed by atoms with E-state index in [-0.39, 0.29) is 29.3 Å². The Kier molecular flexibility index (Phi) is 3.80. The van der Waals surface area contributed by atoms with E-state index in [1.54, 1.807) is 6.07 Å². The lowest BCUT2D eigenvalue weighted by Gasteiger charge is -2.03. The number of aromatic nitrogens is 2. The summed E-state index contributed by atoms with van der Waals surface area (Å²) in [5, 5.41) is 10.0. The topological polar surface area (TPSA) is 101 Å². The molecule has 1 aromatic heterocycles. The van der Waals surface area contributed by atoms with Crippen molar-refractivity contribution < 1.29 is 9.59 Å². The van der Waals surface area contributed by atoms with Gasteiger partial charge in [0.25, 0.3) is 5.91 Å². The first kappa shape index (κ1) is 14.9. The molecule has 0 radical (unpaired) electrons. The molecule has 2 aromatic rings. The number of carbonyl (C=O) groups excluding carboxylic acids is 2. The normalized spacial score (nSPS) is 19.7. The summed E-state index contributed by atoms with van der Waals surface area (Å²) in [6.45, 7) is 0. The van der Waals surface area contributed by atoms with Gasteiger partial charge in [-0.3, -0.25) is 14.7 Å². The lowest BCUT2D eigenvalue weighted by molar-refractivity contribution is -0.117. The molecule has 1 saturated carbocycles.